The number of nitrogens with one attached hydrogen (secondary N) is 1. The van der Waals surface area contributed by atoms with Gasteiger partial charge < -0.3 is 15.2 Å². The molecule has 2 rings (SSSR count). The largest absolute Gasteiger partial charge is 0.387 e. The van der Waals surface area contributed by atoms with Gasteiger partial charge in [0, 0.05) is 26.2 Å². The summed E-state index contributed by atoms with van der Waals surface area (Å²) < 4.78 is 31.8. The molecular weight excluding hydrogens is 294 g/mol. The van der Waals surface area contributed by atoms with Gasteiger partial charge in [-0.2, -0.15) is 0 Å². The van der Waals surface area contributed by atoms with Gasteiger partial charge in [0.05, 0.1) is 24.4 Å². The molecular formula is C15H20F2N2O3. The topological polar surface area (TPSA) is 61.8 Å². The molecule has 7 heteroatoms. The van der Waals surface area contributed by atoms with Gasteiger partial charge in [-0.25, -0.2) is 8.78 Å². The molecule has 1 aromatic carbocycles. The SMILES string of the molecule is CC(O)(CNC(=O)c1cccc(F)c1F)CN1CCOCC1. The summed E-state index contributed by atoms with van der Waals surface area (Å²) in [5.41, 5.74) is -1.54. The van der Waals surface area contributed by atoms with Gasteiger partial charge in [-0.15, -0.1) is 0 Å². The third-order valence-corrected chi connectivity index (χ3v) is 3.49. The molecule has 0 aromatic heterocycles. The van der Waals surface area contributed by atoms with Crippen molar-refractivity contribution >= 4 is 5.91 Å². The molecule has 1 aliphatic rings. The zero-order valence-electron chi connectivity index (χ0n) is 12.4. The first-order valence-electron chi connectivity index (χ1n) is 7.14. The predicted octanol–water partition coefficient (Wildman–Crippen LogP) is 0.778. The van der Waals surface area contributed by atoms with Crippen molar-refractivity contribution in [3.63, 3.8) is 0 Å². The summed E-state index contributed by atoms with van der Waals surface area (Å²) in [6.45, 7) is 4.53. The number of amides is 1. The maximum absolute atomic E-state index is 13.5. The van der Waals surface area contributed by atoms with Crippen LogP contribution in [-0.4, -0.2) is 60.9 Å². The molecule has 0 aliphatic carbocycles. The lowest BCUT2D eigenvalue weighted by Crippen LogP contribution is -2.51. The number of morpholine rings is 1. The molecule has 1 amide bonds. The molecule has 2 N–H and O–H groups in total. The van der Waals surface area contributed by atoms with Crippen LogP contribution in [0.1, 0.15) is 17.3 Å². The van der Waals surface area contributed by atoms with Gasteiger partial charge in [0.2, 0.25) is 0 Å². The summed E-state index contributed by atoms with van der Waals surface area (Å²) in [6.07, 6.45) is 0. The summed E-state index contributed by atoms with van der Waals surface area (Å²) in [5, 5.41) is 12.8. The van der Waals surface area contributed by atoms with E-state index in [9.17, 15) is 18.7 Å². The lowest BCUT2D eigenvalue weighted by atomic mass is 10.1. The molecule has 5 nitrogen and oxygen atoms in total. The van der Waals surface area contributed by atoms with Crippen molar-refractivity contribution in [2.75, 3.05) is 39.4 Å². The van der Waals surface area contributed by atoms with Crippen molar-refractivity contribution in [3.05, 3.63) is 35.4 Å². The zero-order valence-corrected chi connectivity index (χ0v) is 12.4. The number of nitrogens with zero attached hydrogens (tertiary/aromatic N) is 1. The second-order valence-electron chi connectivity index (χ2n) is 5.67. The molecule has 0 radical (unpaired) electrons. The minimum atomic E-state index is -1.19. The Bertz CT molecular complexity index is 532. The van der Waals surface area contributed by atoms with E-state index in [1.54, 1.807) is 6.92 Å². The Kier molecular flexibility index (Phi) is 5.44. The lowest BCUT2D eigenvalue weighted by Gasteiger charge is -2.33. The van der Waals surface area contributed by atoms with Crippen LogP contribution in [0.25, 0.3) is 0 Å². The summed E-state index contributed by atoms with van der Waals surface area (Å²) in [4.78, 5) is 13.9. The molecule has 1 saturated heterocycles. The first-order valence-corrected chi connectivity index (χ1v) is 7.14. The number of ether oxygens (including phenoxy) is 1. The van der Waals surface area contributed by atoms with Gasteiger partial charge in [-0.05, 0) is 19.1 Å². The number of rotatable bonds is 5. The van der Waals surface area contributed by atoms with Gasteiger partial charge in [-0.1, -0.05) is 6.07 Å². The average Bonchev–Trinajstić information content (AvgIpc) is 2.48. The van der Waals surface area contributed by atoms with Crippen molar-refractivity contribution in [2.24, 2.45) is 0 Å². The molecule has 1 aliphatic heterocycles. The van der Waals surface area contributed by atoms with Crippen molar-refractivity contribution in [1.29, 1.82) is 0 Å². The highest BCUT2D eigenvalue weighted by atomic mass is 19.2. The van der Waals surface area contributed by atoms with E-state index in [2.05, 4.69) is 5.32 Å². The van der Waals surface area contributed by atoms with Crippen LogP contribution in [0.15, 0.2) is 18.2 Å². The Morgan fingerprint density at radius 2 is 2.09 bits per heavy atom. The normalized spacial score (nSPS) is 18.7. The quantitative estimate of drug-likeness (QED) is 0.843. The summed E-state index contributed by atoms with van der Waals surface area (Å²) in [5.74, 6) is -3.01. The fourth-order valence-electron chi connectivity index (χ4n) is 2.34. The van der Waals surface area contributed by atoms with Crippen molar-refractivity contribution in [3.8, 4) is 0 Å². The molecule has 122 valence electrons. The Morgan fingerprint density at radius 3 is 2.77 bits per heavy atom. The first-order chi connectivity index (χ1) is 10.4. The Hall–Kier alpha value is -1.57. The van der Waals surface area contributed by atoms with Crippen LogP contribution in [0.3, 0.4) is 0 Å². The highest BCUT2D eigenvalue weighted by Gasteiger charge is 2.26. The molecule has 22 heavy (non-hydrogen) atoms. The number of aliphatic hydroxyl groups is 1. The average molecular weight is 314 g/mol. The number of carbonyl (C=O) groups is 1. The number of hydrogen-bond donors (Lipinski definition) is 2. The van der Waals surface area contributed by atoms with Crippen molar-refractivity contribution < 1.29 is 23.4 Å². The Balaban J connectivity index is 1.90. The third-order valence-electron chi connectivity index (χ3n) is 3.49. The second kappa shape index (κ2) is 7.13. The number of hydrogen-bond acceptors (Lipinski definition) is 4. The van der Waals surface area contributed by atoms with Crippen LogP contribution < -0.4 is 5.32 Å². The molecule has 0 saturated carbocycles. The van der Waals surface area contributed by atoms with Crippen LogP contribution in [0.5, 0.6) is 0 Å². The molecule has 1 unspecified atom stereocenters. The van der Waals surface area contributed by atoms with E-state index >= 15 is 0 Å². The van der Waals surface area contributed by atoms with Crippen LogP contribution in [0.2, 0.25) is 0 Å². The Labute approximate surface area is 127 Å². The molecule has 1 aromatic rings. The maximum Gasteiger partial charge on any atom is 0.254 e. The van der Waals surface area contributed by atoms with E-state index in [-0.39, 0.29) is 12.1 Å². The highest BCUT2D eigenvalue weighted by Crippen LogP contribution is 2.12. The van der Waals surface area contributed by atoms with Crippen molar-refractivity contribution in [2.45, 2.75) is 12.5 Å². The molecule has 0 bridgehead atoms. The van der Waals surface area contributed by atoms with E-state index in [0.29, 0.717) is 32.8 Å². The van der Waals surface area contributed by atoms with E-state index in [4.69, 9.17) is 4.74 Å². The van der Waals surface area contributed by atoms with Gasteiger partial charge >= 0.3 is 0 Å². The molecule has 0 spiro atoms. The summed E-state index contributed by atoms with van der Waals surface area (Å²) in [6, 6.07) is 3.41. The Morgan fingerprint density at radius 1 is 1.41 bits per heavy atom. The number of β-amino-alcohol motifs (C(OH)–C–C–N with tert-alkyl or cyclic N) is 1. The minimum Gasteiger partial charge on any atom is -0.387 e. The minimum absolute atomic E-state index is 0.0564. The maximum atomic E-state index is 13.5. The van der Waals surface area contributed by atoms with E-state index < -0.39 is 23.1 Å². The number of carbonyl (C=O) groups excluding carboxylic acids is 1. The summed E-state index contributed by atoms with van der Waals surface area (Å²) in [7, 11) is 0. The fraction of sp³-hybridized carbons (Fsp3) is 0.533. The first kappa shape index (κ1) is 16.8. The third kappa shape index (κ3) is 4.46. The van der Waals surface area contributed by atoms with Gasteiger partial charge in [0.1, 0.15) is 0 Å². The van der Waals surface area contributed by atoms with E-state index in [1.165, 1.54) is 12.1 Å². The van der Waals surface area contributed by atoms with Crippen LogP contribution in [0, 0.1) is 11.6 Å². The predicted molar refractivity (Wildman–Crippen MR) is 76.6 cm³/mol. The highest BCUT2D eigenvalue weighted by molar-refractivity contribution is 5.94. The van der Waals surface area contributed by atoms with Gasteiger partial charge in [0.25, 0.3) is 5.91 Å². The lowest BCUT2D eigenvalue weighted by molar-refractivity contribution is -0.0213. The number of halogens is 2. The van der Waals surface area contributed by atoms with Crippen molar-refractivity contribution in [1.82, 2.24) is 10.2 Å². The van der Waals surface area contributed by atoms with E-state index in [0.717, 1.165) is 6.07 Å². The second-order valence-corrected chi connectivity index (χ2v) is 5.67. The number of benzene rings is 1. The fourth-order valence-corrected chi connectivity index (χ4v) is 2.34. The molecule has 1 fully saturated rings. The van der Waals surface area contributed by atoms with Crippen LogP contribution >= 0.6 is 0 Å². The van der Waals surface area contributed by atoms with Gasteiger partial charge in [-0.3, -0.25) is 9.69 Å². The standard InChI is InChI=1S/C15H20F2N2O3/c1-15(21,10-19-5-7-22-8-6-19)9-18-14(20)11-3-2-4-12(16)13(11)17/h2-4,21H,5-10H2,1H3,(H,18,20). The summed E-state index contributed by atoms with van der Waals surface area (Å²) >= 11 is 0. The smallest absolute Gasteiger partial charge is 0.254 e. The van der Waals surface area contributed by atoms with Crippen LogP contribution in [0.4, 0.5) is 8.78 Å². The monoisotopic (exact) mass is 314 g/mol. The molecule has 1 heterocycles. The van der Waals surface area contributed by atoms with E-state index in [1.807, 2.05) is 4.90 Å². The molecule has 1 atom stereocenters. The van der Waals surface area contributed by atoms with Crippen LogP contribution in [-0.2, 0) is 4.74 Å². The zero-order chi connectivity index (χ0) is 16.2. The van der Waals surface area contributed by atoms with Gasteiger partial charge in [0.15, 0.2) is 11.6 Å².